The molecule has 0 saturated carbocycles. The van der Waals surface area contributed by atoms with E-state index in [9.17, 15) is 0 Å². The van der Waals surface area contributed by atoms with Crippen LogP contribution in [-0.2, 0) is 0 Å². The topological polar surface area (TPSA) is 29.3 Å². The lowest BCUT2D eigenvalue weighted by molar-refractivity contribution is 0.189. The lowest BCUT2D eigenvalue weighted by Crippen LogP contribution is -2.43. The van der Waals surface area contributed by atoms with Crippen LogP contribution in [0.2, 0.25) is 0 Å². The zero-order valence-corrected chi connectivity index (χ0v) is 10.1. The molecule has 2 aliphatic heterocycles. The molecule has 82 valence electrons. The molecule has 0 amide bonds. The van der Waals surface area contributed by atoms with Crippen LogP contribution in [0.5, 0.6) is 0 Å². The summed E-state index contributed by atoms with van der Waals surface area (Å²) in [5, 5.41) is 0. The van der Waals surface area contributed by atoms with Gasteiger partial charge in [-0.05, 0) is 24.0 Å². The van der Waals surface area contributed by atoms with Crippen molar-refractivity contribution in [3.8, 4) is 0 Å². The molecule has 14 heavy (non-hydrogen) atoms. The van der Waals surface area contributed by atoms with Crippen LogP contribution in [0.25, 0.3) is 0 Å². The van der Waals surface area contributed by atoms with Gasteiger partial charge in [0.05, 0.1) is 0 Å². The smallest absolute Gasteiger partial charge is 0.0192 e. The minimum Gasteiger partial charge on any atom is -0.326 e. The highest BCUT2D eigenvalue weighted by Gasteiger charge is 2.34. The van der Waals surface area contributed by atoms with Crippen LogP contribution in [0.1, 0.15) is 26.7 Å². The molecule has 2 atom stereocenters. The summed E-state index contributed by atoms with van der Waals surface area (Å²) in [6, 6.07) is 1.22. The number of thioether (sulfide) groups is 1. The number of likely N-dealkylation sites (tertiary alicyclic amines) is 1. The molecule has 0 radical (unpaired) electrons. The van der Waals surface area contributed by atoms with E-state index in [4.69, 9.17) is 5.73 Å². The highest BCUT2D eigenvalue weighted by atomic mass is 32.2. The van der Waals surface area contributed by atoms with E-state index >= 15 is 0 Å². The molecule has 2 heterocycles. The lowest BCUT2D eigenvalue weighted by atomic mass is 9.87. The number of hydrogen-bond acceptors (Lipinski definition) is 3. The standard InChI is InChI=1S/C11H22N2S/c1-11(2)5-10(7-14-8-11)13-4-3-9(12)6-13/h9-10H,3-8,12H2,1-2H3. The Labute approximate surface area is 91.6 Å². The first kappa shape index (κ1) is 10.8. The second-order valence-corrected chi connectivity index (χ2v) is 6.61. The normalized spacial score (nSPS) is 38.8. The van der Waals surface area contributed by atoms with Crippen molar-refractivity contribution < 1.29 is 0 Å². The fraction of sp³-hybridized carbons (Fsp3) is 1.00. The van der Waals surface area contributed by atoms with Crippen molar-refractivity contribution in [3.05, 3.63) is 0 Å². The van der Waals surface area contributed by atoms with Crippen LogP contribution >= 0.6 is 11.8 Å². The van der Waals surface area contributed by atoms with E-state index in [2.05, 4.69) is 30.5 Å². The molecule has 0 aliphatic carbocycles. The van der Waals surface area contributed by atoms with E-state index in [0.29, 0.717) is 11.5 Å². The number of rotatable bonds is 1. The van der Waals surface area contributed by atoms with Crippen molar-refractivity contribution in [3.63, 3.8) is 0 Å². The van der Waals surface area contributed by atoms with E-state index < -0.39 is 0 Å². The molecular formula is C11H22N2S. The molecule has 0 aromatic carbocycles. The van der Waals surface area contributed by atoms with Gasteiger partial charge in [0, 0.05) is 30.9 Å². The lowest BCUT2D eigenvalue weighted by Gasteiger charge is -2.39. The first-order valence-corrected chi connectivity index (χ1v) is 6.80. The van der Waals surface area contributed by atoms with Gasteiger partial charge in [0.25, 0.3) is 0 Å². The Bertz CT molecular complexity index is 205. The fourth-order valence-corrected chi connectivity index (χ4v) is 4.00. The van der Waals surface area contributed by atoms with Crippen LogP contribution in [-0.4, -0.2) is 41.6 Å². The van der Waals surface area contributed by atoms with Crippen molar-refractivity contribution >= 4 is 11.8 Å². The molecule has 0 spiro atoms. The molecule has 0 bridgehead atoms. The van der Waals surface area contributed by atoms with Crippen molar-refractivity contribution in [1.82, 2.24) is 4.90 Å². The van der Waals surface area contributed by atoms with Gasteiger partial charge in [-0.25, -0.2) is 0 Å². The zero-order chi connectivity index (χ0) is 10.2. The minimum atomic E-state index is 0.435. The Kier molecular flexibility index (Phi) is 3.10. The van der Waals surface area contributed by atoms with Crippen molar-refractivity contribution in [2.24, 2.45) is 11.1 Å². The number of hydrogen-bond donors (Lipinski definition) is 1. The molecule has 2 N–H and O–H groups in total. The summed E-state index contributed by atoms with van der Waals surface area (Å²) >= 11 is 2.12. The van der Waals surface area contributed by atoms with Crippen LogP contribution in [0.4, 0.5) is 0 Å². The average Bonchev–Trinajstić information content (AvgIpc) is 2.50. The predicted octanol–water partition coefficient (Wildman–Crippen LogP) is 1.55. The summed E-state index contributed by atoms with van der Waals surface area (Å²) in [7, 11) is 0. The highest BCUT2D eigenvalue weighted by molar-refractivity contribution is 7.99. The molecule has 0 aromatic rings. The molecule has 2 fully saturated rings. The predicted molar refractivity (Wildman–Crippen MR) is 63.7 cm³/mol. The van der Waals surface area contributed by atoms with Gasteiger partial charge in [-0.3, -0.25) is 4.90 Å². The van der Waals surface area contributed by atoms with Gasteiger partial charge in [-0.15, -0.1) is 0 Å². The van der Waals surface area contributed by atoms with E-state index in [-0.39, 0.29) is 0 Å². The second kappa shape index (κ2) is 4.03. The fourth-order valence-electron chi connectivity index (χ4n) is 2.61. The Morgan fingerprint density at radius 2 is 2.21 bits per heavy atom. The van der Waals surface area contributed by atoms with Crippen LogP contribution in [0.3, 0.4) is 0 Å². The molecular weight excluding hydrogens is 192 g/mol. The third-order valence-corrected chi connectivity index (χ3v) is 4.97. The molecule has 3 heteroatoms. The first-order valence-electron chi connectivity index (χ1n) is 5.64. The summed E-state index contributed by atoms with van der Waals surface area (Å²) in [6.07, 6.45) is 2.55. The summed E-state index contributed by atoms with van der Waals surface area (Å²) in [5.41, 5.74) is 6.48. The highest BCUT2D eigenvalue weighted by Crippen LogP contribution is 2.36. The van der Waals surface area contributed by atoms with Crippen LogP contribution in [0, 0.1) is 5.41 Å². The largest absolute Gasteiger partial charge is 0.326 e. The summed E-state index contributed by atoms with van der Waals surface area (Å²) in [5.74, 6) is 2.64. The third-order valence-electron chi connectivity index (χ3n) is 3.36. The quantitative estimate of drug-likeness (QED) is 0.718. The SMILES string of the molecule is CC1(C)CSCC(N2CCC(N)C2)C1. The Morgan fingerprint density at radius 1 is 1.43 bits per heavy atom. The van der Waals surface area contributed by atoms with Gasteiger partial charge in [0.15, 0.2) is 0 Å². The average molecular weight is 214 g/mol. The van der Waals surface area contributed by atoms with Gasteiger partial charge in [-0.1, -0.05) is 13.8 Å². The Hall–Kier alpha value is 0.270. The molecule has 2 unspecified atom stereocenters. The Balaban J connectivity index is 1.91. The monoisotopic (exact) mass is 214 g/mol. The maximum Gasteiger partial charge on any atom is 0.0192 e. The van der Waals surface area contributed by atoms with E-state index in [1.54, 1.807) is 0 Å². The zero-order valence-electron chi connectivity index (χ0n) is 9.33. The van der Waals surface area contributed by atoms with Gasteiger partial charge < -0.3 is 5.73 Å². The van der Waals surface area contributed by atoms with Gasteiger partial charge in [0.2, 0.25) is 0 Å². The number of nitrogens with zero attached hydrogens (tertiary/aromatic N) is 1. The summed E-state index contributed by atoms with van der Waals surface area (Å²) in [4.78, 5) is 2.61. The molecule has 2 nitrogen and oxygen atoms in total. The molecule has 2 rings (SSSR count). The van der Waals surface area contributed by atoms with Gasteiger partial charge >= 0.3 is 0 Å². The number of nitrogens with two attached hydrogens (primary N) is 1. The summed E-state index contributed by atoms with van der Waals surface area (Å²) in [6.45, 7) is 7.13. The Morgan fingerprint density at radius 3 is 2.79 bits per heavy atom. The van der Waals surface area contributed by atoms with E-state index in [1.807, 2.05) is 0 Å². The van der Waals surface area contributed by atoms with Crippen LogP contribution < -0.4 is 5.73 Å². The summed E-state index contributed by atoms with van der Waals surface area (Å²) < 4.78 is 0. The second-order valence-electron chi connectivity index (χ2n) is 5.58. The van der Waals surface area contributed by atoms with Crippen LogP contribution in [0.15, 0.2) is 0 Å². The van der Waals surface area contributed by atoms with E-state index in [0.717, 1.165) is 12.6 Å². The molecule has 0 aromatic heterocycles. The first-order chi connectivity index (χ1) is 6.57. The minimum absolute atomic E-state index is 0.435. The molecule has 2 saturated heterocycles. The van der Waals surface area contributed by atoms with Crippen molar-refractivity contribution in [2.45, 2.75) is 38.8 Å². The van der Waals surface area contributed by atoms with Gasteiger partial charge in [-0.2, -0.15) is 11.8 Å². The van der Waals surface area contributed by atoms with E-state index in [1.165, 1.54) is 30.9 Å². The molecule has 2 aliphatic rings. The maximum absolute atomic E-state index is 5.95. The van der Waals surface area contributed by atoms with Crippen molar-refractivity contribution in [2.75, 3.05) is 24.6 Å². The third kappa shape index (κ3) is 2.44. The maximum atomic E-state index is 5.95. The van der Waals surface area contributed by atoms with Crippen molar-refractivity contribution in [1.29, 1.82) is 0 Å². The van der Waals surface area contributed by atoms with Gasteiger partial charge in [0.1, 0.15) is 0 Å².